The van der Waals surface area contributed by atoms with Crippen LogP contribution in [0.3, 0.4) is 0 Å². The summed E-state index contributed by atoms with van der Waals surface area (Å²) in [6.45, 7) is 3.50. The summed E-state index contributed by atoms with van der Waals surface area (Å²) >= 11 is 0. The molecule has 0 aromatic heterocycles. The smallest absolute Gasteiger partial charge is 0.163 e. The molecule has 19 heavy (non-hydrogen) atoms. The van der Waals surface area contributed by atoms with Crippen LogP contribution in [-0.2, 0) is 9.84 Å². The SMILES string of the molecule is CC(NC1(C)CCS(=O)(=O)C1)c1cccc(F)c1F. The second-order valence-corrected chi connectivity index (χ2v) is 7.60. The van der Waals surface area contributed by atoms with Crippen LogP contribution in [0, 0.1) is 11.6 Å². The third-order valence-electron chi connectivity index (χ3n) is 3.52. The van der Waals surface area contributed by atoms with Crippen molar-refractivity contribution in [3.8, 4) is 0 Å². The molecule has 0 saturated carbocycles. The Labute approximate surface area is 111 Å². The highest BCUT2D eigenvalue weighted by Gasteiger charge is 2.39. The van der Waals surface area contributed by atoms with E-state index in [4.69, 9.17) is 0 Å². The maximum atomic E-state index is 13.7. The maximum Gasteiger partial charge on any atom is 0.163 e. The Morgan fingerprint density at radius 2 is 2.05 bits per heavy atom. The van der Waals surface area contributed by atoms with Gasteiger partial charge in [-0.05, 0) is 26.3 Å². The van der Waals surface area contributed by atoms with E-state index in [0.717, 1.165) is 6.07 Å². The molecular weight excluding hydrogens is 272 g/mol. The Balaban J connectivity index is 2.18. The Morgan fingerprint density at radius 3 is 2.63 bits per heavy atom. The molecule has 2 atom stereocenters. The molecule has 3 nitrogen and oxygen atoms in total. The first-order valence-corrected chi connectivity index (χ1v) is 7.97. The van der Waals surface area contributed by atoms with Gasteiger partial charge >= 0.3 is 0 Å². The minimum atomic E-state index is -3.03. The molecule has 1 aromatic carbocycles. The normalized spacial score (nSPS) is 27.4. The van der Waals surface area contributed by atoms with Crippen molar-refractivity contribution < 1.29 is 17.2 Å². The topological polar surface area (TPSA) is 46.2 Å². The molecule has 0 bridgehead atoms. The first-order valence-electron chi connectivity index (χ1n) is 6.14. The van der Waals surface area contributed by atoms with Gasteiger partial charge in [0.15, 0.2) is 21.5 Å². The number of hydrogen-bond acceptors (Lipinski definition) is 3. The van der Waals surface area contributed by atoms with E-state index in [1.807, 2.05) is 0 Å². The van der Waals surface area contributed by atoms with Crippen LogP contribution in [-0.4, -0.2) is 25.5 Å². The van der Waals surface area contributed by atoms with Crippen LogP contribution in [0.15, 0.2) is 18.2 Å². The van der Waals surface area contributed by atoms with E-state index in [1.54, 1.807) is 13.8 Å². The van der Waals surface area contributed by atoms with Crippen LogP contribution >= 0.6 is 0 Å². The van der Waals surface area contributed by atoms with Crippen LogP contribution in [0.1, 0.15) is 31.9 Å². The summed E-state index contributed by atoms with van der Waals surface area (Å²) in [5.74, 6) is -1.61. The van der Waals surface area contributed by atoms with E-state index in [9.17, 15) is 17.2 Å². The molecule has 0 amide bonds. The minimum Gasteiger partial charge on any atom is -0.304 e. The van der Waals surface area contributed by atoms with Crippen molar-refractivity contribution in [2.75, 3.05) is 11.5 Å². The first-order chi connectivity index (χ1) is 8.72. The maximum absolute atomic E-state index is 13.7. The lowest BCUT2D eigenvalue weighted by Crippen LogP contribution is -2.44. The molecule has 0 radical (unpaired) electrons. The summed E-state index contributed by atoms with van der Waals surface area (Å²) in [5, 5.41) is 3.11. The first kappa shape index (κ1) is 14.4. The summed E-state index contributed by atoms with van der Waals surface area (Å²) in [7, 11) is -3.03. The van der Waals surface area contributed by atoms with Crippen LogP contribution in [0.25, 0.3) is 0 Å². The van der Waals surface area contributed by atoms with Gasteiger partial charge in [0.25, 0.3) is 0 Å². The van der Waals surface area contributed by atoms with Gasteiger partial charge in [0.1, 0.15) is 0 Å². The van der Waals surface area contributed by atoms with Gasteiger partial charge in [-0.25, -0.2) is 17.2 Å². The van der Waals surface area contributed by atoms with E-state index in [0.29, 0.717) is 6.42 Å². The van der Waals surface area contributed by atoms with E-state index in [-0.39, 0.29) is 17.1 Å². The average molecular weight is 289 g/mol. The van der Waals surface area contributed by atoms with Crippen molar-refractivity contribution in [2.45, 2.75) is 31.8 Å². The summed E-state index contributed by atoms with van der Waals surface area (Å²) in [6.07, 6.45) is 0.483. The number of nitrogens with one attached hydrogen (secondary N) is 1. The highest BCUT2D eigenvalue weighted by Crippen LogP contribution is 2.28. The standard InChI is InChI=1S/C13H17F2NO2S/c1-9(10-4-3-5-11(14)12(10)15)16-13(2)6-7-19(17,18)8-13/h3-5,9,16H,6-8H2,1-2H3. The lowest BCUT2D eigenvalue weighted by Gasteiger charge is -2.29. The number of rotatable bonds is 3. The molecule has 1 aliphatic heterocycles. The van der Waals surface area contributed by atoms with E-state index in [2.05, 4.69) is 5.32 Å². The summed E-state index contributed by atoms with van der Waals surface area (Å²) in [5.41, 5.74) is -0.373. The average Bonchev–Trinajstić information content (AvgIpc) is 2.56. The Morgan fingerprint density at radius 1 is 1.37 bits per heavy atom. The fourth-order valence-electron chi connectivity index (χ4n) is 2.58. The van der Waals surface area contributed by atoms with Gasteiger partial charge in [-0.1, -0.05) is 12.1 Å². The second-order valence-electron chi connectivity index (χ2n) is 5.41. The van der Waals surface area contributed by atoms with E-state index in [1.165, 1.54) is 12.1 Å². The number of benzene rings is 1. The van der Waals surface area contributed by atoms with Crippen molar-refractivity contribution in [1.29, 1.82) is 0 Å². The molecular formula is C13H17F2NO2S. The summed E-state index contributed by atoms with van der Waals surface area (Å²) < 4.78 is 49.9. The highest BCUT2D eigenvalue weighted by molar-refractivity contribution is 7.91. The van der Waals surface area contributed by atoms with Crippen LogP contribution in [0.5, 0.6) is 0 Å². The number of sulfone groups is 1. The lowest BCUT2D eigenvalue weighted by atomic mass is 9.98. The zero-order valence-corrected chi connectivity index (χ0v) is 11.7. The molecule has 1 saturated heterocycles. The molecule has 1 fully saturated rings. The van der Waals surface area contributed by atoms with Crippen LogP contribution in [0.4, 0.5) is 8.78 Å². The summed E-state index contributed by atoms with van der Waals surface area (Å²) in [4.78, 5) is 0. The van der Waals surface area contributed by atoms with Crippen molar-refractivity contribution >= 4 is 9.84 Å². The van der Waals surface area contributed by atoms with Crippen molar-refractivity contribution in [1.82, 2.24) is 5.32 Å². The molecule has 106 valence electrons. The van der Waals surface area contributed by atoms with E-state index < -0.39 is 33.1 Å². The Hall–Kier alpha value is -1.01. The van der Waals surface area contributed by atoms with Gasteiger partial charge in [0, 0.05) is 17.1 Å². The predicted molar refractivity (Wildman–Crippen MR) is 69.6 cm³/mol. The largest absolute Gasteiger partial charge is 0.304 e. The third kappa shape index (κ3) is 3.12. The van der Waals surface area contributed by atoms with Gasteiger partial charge < -0.3 is 5.32 Å². The van der Waals surface area contributed by atoms with Crippen molar-refractivity contribution in [3.63, 3.8) is 0 Å². The second kappa shape index (κ2) is 4.83. The molecule has 1 heterocycles. The summed E-state index contributed by atoms with van der Waals surface area (Å²) in [6, 6.07) is 3.56. The predicted octanol–water partition coefficient (Wildman–Crippen LogP) is 2.19. The molecule has 0 spiro atoms. The van der Waals surface area contributed by atoms with Crippen molar-refractivity contribution in [2.24, 2.45) is 0 Å². The van der Waals surface area contributed by atoms with Crippen LogP contribution in [0.2, 0.25) is 0 Å². The molecule has 2 rings (SSSR count). The van der Waals surface area contributed by atoms with Gasteiger partial charge in [-0.3, -0.25) is 0 Å². The quantitative estimate of drug-likeness (QED) is 0.928. The number of hydrogen-bond donors (Lipinski definition) is 1. The third-order valence-corrected chi connectivity index (χ3v) is 5.42. The molecule has 6 heteroatoms. The Kier molecular flexibility index (Phi) is 3.66. The molecule has 1 aliphatic rings. The highest BCUT2D eigenvalue weighted by atomic mass is 32.2. The molecule has 0 aliphatic carbocycles. The molecule has 1 N–H and O–H groups in total. The van der Waals surface area contributed by atoms with Gasteiger partial charge in [0.05, 0.1) is 11.5 Å². The van der Waals surface area contributed by atoms with E-state index >= 15 is 0 Å². The van der Waals surface area contributed by atoms with Gasteiger partial charge in [-0.15, -0.1) is 0 Å². The zero-order valence-electron chi connectivity index (χ0n) is 10.9. The molecule has 1 aromatic rings. The van der Waals surface area contributed by atoms with Gasteiger partial charge in [-0.2, -0.15) is 0 Å². The fourth-order valence-corrected chi connectivity index (χ4v) is 4.68. The fraction of sp³-hybridized carbons (Fsp3) is 0.538. The van der Waals surface area contributed by atoms with Crippen LogP contribution < -0.4 is 5.32 Å². The lowest BCUT2D eigenvalue weighted by molar-refractivity contribution is 0.347. The minimum absolute atomic E-state index is 0.0290. The Bertz CT molecular complexity index is 588. The molecule has 2 unspecified atom stereocenters. The van der Waals surface area contributed by atoms with Crippen molar-refractivity contribution in [3.05, 3.63) is 35.4 Å². The zero-order chi connectivity index (χ0) is 14.3. The number of halogens is 2. The van der Waals surface area contributed by atoms with Gasteiger partial charge in [0.2, 0.25) is 0 Å². The monoisotopic (exact) mass is 289 g/mol.